The van der Waals surface area contributed by atoms with E-state index in [1.807, 2.05) is 38.1 Å². The van der Waals surface area contributed by atoms with Crippen LogP contribution in [-0.2, 0) is 16.4 Å². The van der Waals surface area contributed by atoms with E-state index >= 15 is 0 Å². The number of rotatable bonds is 5. The van der Waals surface area contributed by atoms with Gasteiger partial charge in [-0.1, -0.05) is 0 Å². The molecule has 2 aromatic carbocycles. The summed E-state index contributed by atoms with van der Waals surface area (Å²) in [5.41, 5.74) is 3.72. The van der Waals surface area contributed by atoms with Crippen LogP contribution in [0.25, 0.3) is 11.3 Å². The SMILES string of the molecule is COc1ccc(-c2nc(NC(=O)c3ccc4c(c3)C[C@@H](C)N4S(C)(=O)=O)sc2C)cc1. The number of carbonyl (C=O) groups excluding carboxylic acids is 1. The number of fused-ring (bicyclic) bond motifs is 1. The van der Waals surface area contributed by atoms with E-state index in [0.29, 0.717) is 22.8 Å². The Morgan fingerprint density at radius 2 is 1.94 bits per heavy atom. The van der Waals surface area contributed by atoms with Gasteiger partial charge in [0.1, 0.15) is 5.75 Å². The monoisotopic (exact) mass is 457 g/mol. The number of aromatic nitrogens is 1. The second-order valence-electron chi connectivity index (χ2n) is 7.56. The summed E-state index contributed by atoms with van der Waals surface area (Å²) in [5, 5.41) is 3.38. The van der Waals surface area contributed by atoms with Crippen molar-refractivity contribution in [1.29, 1.82) is 0 Å². The van der Waals surface area contributed by atoms with Gasteiger partial charge in [-0.3, -0.25) is 14.4 Å². The molecule has 1 aliphatic rings. The van der Waals surface area contributed by atoms with Crippen LogP contribution in [0.3, 0.4) is 0 Å². The number of aryl methyl sites for hydroxylation is 1. The number of nitrogens with one attached hydrogen (secondary N) is 1. The van der Waals surface area contributed by atoms with E-state index in [2.05, 4.69) is 10.3 Å². The first-order valence-corrected chi connectivity index (χ1v) is 12.4. The predicted octanol–water partition coefficient (Wildman–Crippen LogP) is 4.09. The third-order valence-corrected chi connectivity index (χ3v) is 7.39. The fourth-order valence-corrected chi connectivity index (χ4v) is 5.98. The summed E-state index contributed by atoms with van der Waals surface area (Å²) in [6, 6.07) is 12.5. The Morgan fingerprint density at radius 3 is 2.58 bits per heavy atom. The zero-order valence-electron chi connectivity index (χ0n) is 17.7. The summed E-state index contributed by atoms with van der Waals surface area (Å²) in [6.07, 6.45) is 1.77. The molecule has 1 aromatic heterocycles. The number of amides is 1. The number of thiazole rings is 1. The van der Waals surface area contributed by atoms with Crippen molar-refractivity contribution in [1.82, 2.24) is 4.98 Å². The molecule has 0 aliphatic carbocycles. The van der Waals surface area contributed by atoms with Crippen LogP contribution in [0.2, 0.25) is 0 Å². The van der Waals surface area contributed by atoms with Crippen molar-refractivity contribution in [3.8, 4) is 17.0 Å². The minimum atomic E-state index is -3.36. The standard InChI is InChI=1S/C22H23N3O4S2/c1-13-11-17-12-16(7-10-19(17)25(13)31(4,27)28)21(26)24-22-23-20(14(2)30-22)15-5-8-18(29-3)9-6-15/h5-10,12-13H,11H2,1-4H3,(H,23,24,26)/t13-/m1/s1. The number of nitrogens with zero attached hydrogens (tertiary/aromatic N) is 2. The molecule has 0 fully saturated rings. The molecule has 1 N–H and O–H groups in total. The largest absolute Gasteiger partial charge is 0.497 e. The van der Waals surface area contributed by atoms with E-state index in [1.165, 1.54) is 21.9 Å². The van der Waals surface area contributed by atoms with Gasteiger partial charge in [0.25, 0.3) is 5.91 Å². The normalized spacial score (nSPS) is 15.6. The highest BCUT2D eigenvalue weighted by molar-refractivity contribution is 7.92. The lowest BCUT2D eigenvalue weighted by atomic mass is 10.1. The summed E-state index contributed by atoms with van der Waals surface area (Å²) in [5.74, 6) is 0.494. The number of methoxy groups -OCH3 is 1. The maximum absolute atomic E-state index is 12.8. The molecule has 162 valence electrons. The molecule has 1 atom stereocenters. The molecule has 2 heterocycles. The molecule has 1 aliphatic heterocycles. The fraction of sp³-hybridized carbons (Fsp3) is 0.273. The van der Waals surface area contributed by atoms with Gasteiger partial charge in [0.2, 0.25) is 10.0 Å². The smallest absolute Gasteiger partial charge is 0.257 e. The molecule has 7 nitrogen and oxygen atoms in total. The van der Waals surface area contributed by atoms with Crippen molar-refractivity contribution in [3.05, 3.63) is 58.5 Å². The highest BCUT2D eigenvalue weighted by Gasteiger charge is 2.32. The lowest BCUT2D eigenvalue weighted by Crippen LogP contribution is -2.34. The summed E-state index contributed by atoms with van der Waals surface area (Å²) in [6.45, 7) is 3.82. The fourth-order valence-electron chi connectivity index (χ4n) is 3.89. The minimum Gasteiger partial charge on any atom is -0.497 e. The molecular weight excluding hydrogens is 434 g/mol. The maximum atomic E-state index is 12.8. The van der Waals surface area contributed by atoms with Crippen molar-refractivity contribution < 1.29 is 17.9 Å². The highest BCUT2D eigenvalue weighted by atomic mass is 32.2. The molecule has 1 amide bonds. The van der Waals surface area contributed by atoms with Crippen molar-refractivity contribution >= 4 is 38.1 Å². The number of hydrogen-bond donors (Lipinski definition) is 1. The van der Waals surface area contributed by atoms with E-state index in [9.17, 15) is 13.2 Å². The highest BCUT2D eigenvalue weighted by Crippen LogP contribution is 2.35. The molecule has 0 saturated carbocycles. The molecule has 0 radical (unpaired) electrons. The minimum absolute atomic E-state index is 0.169. The third kappa shape index (κ3) is 4.15. The van der Waals surface area contributed by atoms with E-state index in [1.54, 1.807) is 25.3 Å². The summed E-state index contributed by atoms with van der Waals surface area (Å²) in [4.78, 5) is 18.4. The van der Waals surface area contributed by atoms with Gasteiger partial charge in [-0.05, 0) is 68.3 Å². The first kappa shape index (κ1) is 21.3. The number of anilines is 2. The maximum Gasteiger partial charge on any atom is 0.257 e. The second-order valence-corrected chi connectivity index (χ2v) is 10.6. The Morgan fingerprint density at radius 1 is 1.23 bits per heavy atom. The van der Waals surface area contributed by atoms with Gasteiger partial charge in [0, 0.05) is 22.0 Å². The Bertz CT molecular complexity index is 1250. The Hall–Kier alpha value is -2.91. The topological polar surface area (TPSA) is 88.6 Å². The number of benzene rings is 2. The van der Waals surface area contributed by atoms with Crippen LogP contribution in [0, 0.1) is 6.92 Å². The van der Waals surface area contributed by atoms with Gasteiger partial charge in [-0.25, -0.2) is 13.4 Å². The van der Waals surface area contributed by atoms with Crippen LogP contribution in [0.1, 0.15) is 27.7 Å². The second kappa shape index (κ2) is 7.97. The first-order valence-electron chi connectivity index (χ1n) is 9.73. The van der Waals surface area contributed by atoms with Crippen LogP contribution in [0.4, 0.5) is 10.8 Å². The van der Waals surface area contributed by atoms with Gasteiger partial charge in [0.05, 0.1) is 24.7 Å². The van der Waals surface area contributed by atoms with Gasteiger partial charge in [0.15, 0.2) is 5.13 Å². The number of carbonyl (C=O) groups is 1. The molecule has 0 unspecified atom stereocenters. The number of hydrogen-bond acceptors (Lipinski definition) is 6. The number of ether oxygens (including phenoxy) is 1. The van der Waals surface area contributed by atoms with Crippen LogP contribution >= 0.6 is 11.3 Å². The van der Waals surface area contributed by atoms with Crippen molar-refractivity contribution in [2.24, 2.45) is 0 Å². The third-order valence-electron chi connectivity index (χ3n) is 5.23. The molecule has 0 saturated heterocycles. The predicted molar refractivity (Wildman–Crippen MR) is 124 cm³/mol. The first-order chi connectivity index (χ1) is 14.7. The molecular formula is C22H23N3O4S2. The molecule has 0 spiro atoms. The zero-order chi connectivity index (χ0) is 22.3. The lowest BCUT2D eigenvalue weighted by molar-refractivity contribution is 0.102. The Labute approximate surface area is 185 Å². The van der Waals surface area contributed by atoms with Crippen LogP contribution < -0.4 is 14.4 Å². The lowest BCUT2D eigenvalue weighted by Gasteiger charge is -2.21. The zero-order valence-corrected chi connectivity index (χ0v) is 19.3. The molecule has 31 heavy (non-hydrogen) atoms. The number of sulfonamides is 1. The van der Waals surface area contributed by atoms with Crippen LogP contribution in [-0.4, -0.2) is 38.7 Å². The molecule has 3 aromatic rings. The van der Waals surface area contributed by atoms with Gasteiger partial charge < -0.3 is 4.74 Å². The summed E-state index contributed by atoms with van der Waals surface area (Å²) >= 11 is 1.41. The van der Waals surface area contributed by atoms with Crippen molar-refractivity contribution in [3.63, 3.8) is 0 Å². The van der Waals surface area contributed by atoms with Crippen molar-refractivity contribution in [2.45, 2.75) is 26.3 Å². The van der Waals surface area contributed by atoms with Crippen LogP contribution in [0.15, 0.2) is 42.5 Å². The summed E-state index contributed by atoms with van der Waals surface area (Å²) < 4.78 is 30.8. The Balaban J connectivity index is 1.55. The molecule has 9 heteroatoms. The van der Waals surface area contributed by atoms with Crippen LogP contribution in [0.5, 0.6) is 5.75 Å². The van der Waals surface area contributed by atoms with Gasteiger partial charge >= 0.3 is 0 Å². The van der Waals surface area contributed by atoms with Gasteiger partial charge in [-0.2, -0.15) is 0 Å². The average Bonchev–Trinajstić information content (AvgIpc) is 3.25. The van der Waals surface area contributed by atoms with E-state index in [4.69, 9.17) is 4.74 Å². The molecule has 4 rings (SSSR count). The van der Waals surface area contributed by atoms with E-state index in [0.717, 1.165) is 27.4 Å². The van der Waals surface area contributed by atoms with Gasteiger partial charge in [-0.15, -0.1) is 11.3 Å². The van der Waals surface area contributed by atoms with E-state index in [-0.39, 0.29) is 11.9 Å². The quantitative estimate of drug-likeness (QED) is 0.623. The Kier molecular flexibility index (Phi) is 5.49. The summed E-state index contributed by atoms with van der Waals surface area (Å²) in [7, 11) is -1.74. The average molecular weight is 458 g/mol. The van der Waals surface area contributed by atoms with E-state index < -0.39 is 10.0 Å². The molecule has 0 bridgehead atoms. The van der Waals surface area contributed by atoms with Crippen molar-refractivity contribution in [2.75, 3.05) is 23.0 Å².